The first-order chi connectivity index (χ1) is 13.4. The SMILES string of the molecule is COC(=O)CCCC(=O)N1Cc2ccc(Cl)cc2/C(Br)=C(/Br)c2ccccc21. The summed E-state index contributed by atoms with van der Waals surface area (Å²) in [7, 11) is 1.35. The molecule has 4 nitrogen and oxygen atoms in total. The number of fused-ring (bicyclic) bond motifs is 2. The molecule has 0 N–H and O–H groups in total. The number of para-hydroxylation sites is 1. The zero-order valence-electron chi connectivity index (χ0n) is 15.2. The fraction of sp³-hybridized carbons (Fsp3) is 0.238. The lowest BCUT2D eigenvalue weighted by Crippen LogP contribution is -2.32. The molecule has 2 aromatic carbocycles. The first-order valence-corrected chi connectivity index (χ1v) is 10.7. The van der Waals surface area contributed by atoms with Crippen molar-refractivity contribution in [1.29, 1.82) is 0 Å². The summed E-state index contributed by atoms with van der Waals surface area (Å²) in [6.45, 7) is 0.413. The molecule has 28 heavy (non-hydrogen) atoms. The van der Waals surface area contributed by atoms with Gasteiger partial charge in [-0.05, 0) is 67.6 Å². The third kappa shape index (κ3) is 4.50. The van der Waals surface area contributed by atoms with Crippen LogP contribution in [0.25, 0.3) is 8.96 Å². The molecule has 146 valence electrons. The van der Waals surface area contributed by atoms with Gasteiger partial charge in [0.25, 0.3) is 0 Å². The van der Waals surface area contributed by atoms with Crippen molar-refractivity contribution < 1.29 is 14.3 Å². The number of esters is 1. The molecule has 0 saturated heterocycles. The van der Waals surface area contributed by atoms with Crippen molar-refractivity contribution in [2.45, 2.75) is 25.8 Å². The lowest BCUT2D eigenvalue weighted by Gasteiger charge is -2.29. The Balaban J connectivity index is 2.02. The Labute approximate surface area is 185 Å². The number of hydrogen-bond donors (Lipinski definition) is 0. The molecule has 0 aliphatic carbocycles. The number of ether oxygens (including phenoxy) is 1. The molecule has 1 amide bonds. The van der Waals surface area contributed by atoms with E-state index in [1.54, 1.807) is 4.90 Å². The van der Waals surface area contributed by atoms with Crippen molar-refractivity contribution in [3.05, 3.63) is 64.2 Å². The quantitative estimate of drug-likeness (QED) is 0.449. The van der Waals surface area contributed by atoms with E-state index in [-0.39, 0.29) is 24.7 Å². The van der Waals surface area contributed by atoms with Crippen molar-refractivity contribution in [3.8, 4) is 0 Å². The van der Waals surface area contributed by atoms with E-state index in [0.29, 0.717) is 18.0 Å². The van der Waals surface area contributed by atoms with Gasteiger partial charge in [0.1, 0.15) is 0 Å². The number of carbonyl (C=O) groups is 2. The van der Waals surface area contributed by atoms with Crippen LogP contribution in [-0.4, -0.2) is 19.0 Å². The molecule has 0 atom stereocenters. The van der Waals surface area contributed by atoms with Crippen LogP contribution >= 0.6 is 43.5 Å². The van der Waals surface area contributed by atoms with Gasteiger partial charge in [-0.15, -0.1) is 0 Å². The fourth-order valence-electron chi connectivity index (χ4n) is 3.12. The summed E-state index contributed by atoms with van der Waals surface area (Å²) >= 11 is 13.6. The maximum absolute atomic E-state index is 13.1. The van der Waals surface area contributed by atoms with E-state index in [1.165, 1.54) is 7.11 Å². The predicted molar refractivity (Wildman–Crippen MR) is 120 cm³/mol. The van der Waals surface area contributed by atoms with Crippen LogP contribution < -0.4 is 4.90 Å². The van der Waals surface area contributed by atoms with E-state index in [2.05, 4.69) is 36.6 Å². The van der Waals surface area contributed by atoms with E-state index in [4.69, 9.17) is 11.6 Å². The number of anilines is 1. The second-order valence-corrected chi connectivity index (χ2v) is 8.38. The van der Waals surface area contributed by atoms with Crippen LogP contribution in [0.1, 0.15) is 36.0 Å². The Bertz CT molecular complexity index is 958. The lowest BCUT2D eigenvalue weighted by atomic mass is 10.0. The maximum Gasteiger partial charge on any atom is 0.305 e. The zero-order chi connectivity index (χ0) is 20.3. The summed E-state index contributed by atoms with van der Waals surface area (Å²) in [6.07, 6.45) is 0.923. The standard InChI is InChI=1S/C21H18Br2ClNO3/c1-28-19(27)8-4-7-18(26)25-12-13-9-10-14(24)11-16(13)21(23)20(22)15-5-2-3-6-17(15)25/h2-3,5-6,9-11H,4,7-8,12H2,1H3/b21-20-. The molecule has 0 unspecified atom stereocenters. The highest BCUT2D eigenvalue weighted by Gasteiger charge is 2.25. The van der Waals surface area contributed by atoms with Gasteiger partial charge in [0.05, 0.1) is 19.3 Å². The smallest absolute Gasteiger partial charge is 0.305 e. The summed E-state index contributed by atoms with van der Waals surface area (Å²) in [6, 6.07) is 13.4. The molecule has 0 fully saturated rings. The van der Waals surface area contributed by atoms with Crippen LogP contribution in [-0.2, 0) is 20.9 Å². The number of halogens is 3. The second kappa shape index (κ2) is 9.25. The number of rotatable bonds is 4. The van der Waals surface area contributed by atoms with E-state index >= 15 is 0 Å². The summed E-state index contributed by atoms with van der Waals surface area (Å²) in [5.74, 6) is -0.356. The Morgan fingerprint density at radius 2 is 1.79 bits per heavy atom. The highest BCUT2D eigenvalue weighted by atomic mass is 79.9. The molecule has 7 heteroatoms. The minimum Gasteiger partial charge on any atom is -0.469 e. The Morgan fingerprint density at radius 3 is 2.54 bits per heavy atom. The Hall–Kier alpha value is -1.63. The molecule has 0 radical (unpaired) electrons. The van der Waals surface area contributed by atoms with Crippen LogP contribution in [0.3, 0.4) is 0 Å². The third-order valence-corrected chi connectivity index (χ3v) is 6.98. The third-order valence-electron chi connectivity index (χ3n) is 4.56. The molecular weight excluding hydrogens is 509 g/mol. The van der Waals surface area contributed by atoms with Gasteiger partial charge in [-0.25, -0.2) is 0 Å². The molecule has 0 aromatic heterocycles. The van der Waals surface area contributed by atoms with Gasteiger partial charge < -0.3 is 9.64 Å². The molecule has 1 aliphatic heterocycles. The molecule has 0 spiro atoms. The molecule has 2 aromatic rings. The molecule has 3 rings (SSSR count). The van der Waals surface area contributed by atoms with Crippen molar-refractivity contribution in [2.24, 2.45) is 0 Å². The van der Waals surface area contributed by atoms with Gasteiger partial charge in [-0.1, -0.05) is 35.9 Å². The van der Waals surface area contributed by atoms with Gasteiger partial charge in [-0.3, -0.25) is 9.59 Å². The Morgan fingerprint density at radius 1 is 1.07 bits per heavy atom. The zero-order valence-corrected chi connectivity index (χ0v) is 19.1. The topological polar surface area (TPSA) is 46.6 Å². The van der Waals surface area contributed by atoms with Crippen molar-refractivity contribution >= 4 is 70.0 Å². The lowest BCUT2D eigenvalue weighted by molar-refractivity contribution is -0.140. The first kappa shape index (κ1) is 21.1. The normalized spacial score (nSPS) is 15.9. The van der Waals surface area contributed by atoms with Crippen LogP contribution in [0.4, 0.5) is 5.69 Å². The number of carbonyl (C=O) groups excluding carboxylic acids is 2. The van der Waals surface area contributed by atoms with Crippen LogP contribution in [0.15, 0.2) is 42.5 Å². The number of benzene rings is 2. The molecule has 1 heterocycles. The van der Waals surface area contributed by atoms with Crippen molar-refractivity contribution in [2.75, 3.05) is 12.0 Å². The summed E-state index contributed by atoms with van der Waals surface area (Å²) in [4.78, 5) is 26.2. The van der Waals surface area contributed by atoms with Gasteiger partial charge in [0, 0.05) is 32.4 Å². The fourth-order valence-corrected chi connectivity index (χ4v) is 4.42. The number of methoxy groups -OCH3 is 1. The van der Waals surface area contributed by atoms with E-state index in [1.807, 2.05) is 42.5 Å². The van der Waals surface area contributed by atoms with Crippen LogP contribution in [0.2, 0.25) is 5.02 Å². The predicted octanol–water partition coefficient (Wildman–Crippen LogP) is 6.15. The van der Waals surface area contributed by atoms with Gasteiger partial charge in [-0.2, -0.15) is 0 Å². The first-order valence-electron chi connectivity index (χ1n) is 8.73. The number of hydrogen-bond acceptors (Lipinski definition) is 3. The van der Waals surface area contributed by atoms with E-state index < -0.39 is 0 Å². The highest BCUT2D eigenvalue weighted by molar-refractivity contribution is 9.18. The van der Waals surface area contributed by atoms with Gasteiger partial charge >= 0.3 is 5.97 Å². The molecule has 1 aliphatic rings. The molecular formula is C21H18Br2ClNO3. The molecule has 0 saturated carbocycles. The summed E-state index contributed by atoms with van der Waals surface area (Å²) in [5, 5.41) is 0.626. The summed E-state index contributed by atoms with van der Waals surface area (Å²) in [5.41, 5.74) is 3.63. The highest BCUT2D eigenvalue weighted by Crippen LogP contribution is 2.43. The number of amides is 1. The maximum atomic E-state index is 13.1. The van der Waals surface area contributed by atoms with E-state index in [0.717, 1.165) is 31.3 Å². The van der Waals surface area contributed by atoms with Crippen molar-refractivity contribution in [3.63, 3.8) is 0 Å². The average molecular weight is 528 g/mol. The average Bonchev–Trinajstić information content (AvgIpc) is 2.70. The summed E-state index contributed by atoms with van der Waals surface area (Å²) < 4.78 is 6.39. The largest absolute Gasteiger partial charge is 0.469 e. The van der Waals surface area contributed by atoms with Crippen molar-refractivity contribution in [1.82, 2.24) is 0 Å². The Kier molecular flexibility index (Phi) is 6.96. The van der Waals surface area contributed by atoms with Crippen LogP contribution in [0, 0.1) is 0 Å². The number of nitrogens with zero attached hydrogens (tertiary/aromatic N) is 1. The minimum absolute atomic E-state index is 0.0458. The minimum atomic E-state index is -0.310. The van der Waals surface area contributed by atoms with Gasteiger partial charge in [0.2, 0.25) is 5.91 Å². The van der Waals surface area contributed by atoms with Crippen LogP contribution in [0.5, 0.6) is 0 Å². The van der Waals surface area contributed by atoms with Gasteiger partial charge in [0.15, 0.2) is 0 Å². The van der Waals surface area contributed by atoms with E-state index in [9.17, 15) is 9.59 Å². The monoisotopic (exact) mass is 525 g/mol. The second-order valence-electron chi connectivity index (χ2n) is 6.36. The molecule has 0 bridgehead atoms.